The summed E-state index contributed by atoms with van der Waals surface area (Å²) < 4.78 is 5.75. The van der Waals surface area contributed by atoms with E-state index in [0.29, 0.717) is 5.11 Å². The van der Waals surface area contributed by atoms with E-state index < -0.39 is 0 Å². The van der Waals surface area contributed by atoms with Crippen molar-refractivity contribution in [3.8, 4) is 6.19 Å². The van der Waals surface area contributed by atoms with Crippen LogP contribution in [0.5, 0.6) is 0 Å². The van der Waals surface area contributed by atoms with Gasteiger partial charge in [0.1, 0.15) is 5.76 Å². The first-order valence-corrected chi connectivity index (χ1v) is 7.38. The summed E-state index contributed by atoms with van der Waals surface area (Å²) in [6.07, 6.45) is 1.77. The number of aryl methyl sites for hydroxylation is 1. The molecule has 0 fully saturated rings. The largest absolute Gasteiger partial charge is 0.444 e. The molecule has 0 aliphatic rings. The Morgan fingerprint density at radius 3 is 2.89 bits per heavy atom. The van der Waals surface area contributed by atoms with E-state index in [1.807, 2.05) is 25.1 Å². The van der Waals surface area contributed by atoms with Crippen molar-refractivity contribution in [2.75, 3.05) is 31.3 Å². The SMILES string of the molecule is Cc1cc(N(C)C)oc1CSCCNC(=S)NC#N. The summed E-state index contributed by atoms with van der Waals surface area (Å²) in [6.45, 7) is 2.77. The van der Waals surface area contributed by atoms with E-state index in [0.717, 1.165) is 29.7 Å². The highest BCUT2D eigenvalue weighted by Gasteiger charge is 2.08. The zero-order valence-corrected chi connectivity index (χ0v) is 13.0. The van der Waals surface area contributed by atoms with Gasteiger partial charge in [0.25, 0.3) is 0 Å². The Labute approximate surface area is 123 Å². The fraction of sp³-hybridized carbons (Fsp3) is 0.500. The highest BCUT2D eigenvalue weighted by molar-refractivity contribution is 7.98. The van der Waals surface area contributed by atoms with Crippen molar-refractivity contribution < 1.29 is 4.42 Å². The van der Waals surface area contributed by atoms with Crippen LogP contribution in [0.4, 0.5) is 5.88 Å². The van der Waals surface area contributed by atoms with Gasteiger partial charge < -0.3 is 14.6 Å². The van der Waals surface area contributed by atoms with Crippen LogP contribution in [-0.4, -0.2) is 31.5 Å². The van der Waals surface area contributed by atoms with Crippen LogP contribution in [0.3, 0.4) is 0 Å². The predicted molar refractivity (Wildman–Crippen MR) is 83.3 cm³/mol. The van der Waals surface area contributed by atoms with E-state index in [1.165, 1.54) is 5.56 Å². The standard InChI is InChI=1S/C12H18N4OS2/c1-9-6-11(16(2)3)17-10(9)7-19-5-4-14-12(18)15-8-13/h6H,4-5,7H2,1-3H3,(H2,14,15,18). The normalized spacial score (nSPS) is 9.79. The van der Waals surface area contributed by atoms with E-state index in [4.69, 9.17) is 21.9 Å². The number of nitrogens with zero attached hydrogens (tertiary/aromatic N) is 2. The van der Waals surface area contributed by atoms with Crippen LogP contribution in [0.25, 0.3) is 0 Å². The molecule has 1 aromatic heterocycles. The third-order valence-electron chi connectivity index (χ3n) is 2.38. The van der Waals surface area contributed by atoms with E-state index in [1.54, 1.807) is 18.0 Å². The van der Waals surface area contributed by atoms with Gasteiger partial charge in [0.15, 0.2) is 17.2 Å². The minimum absolute atomic E-state index is 0.368. The summed E-state index contributed by atoms with van der Waals surface area (Å²) in [7, 11) is 3.92. The van der Waals surface area contributed by atoms with E-state index in [-0.39, 0.29) is 0 Å². The molecule has 0 amide bonds. The maximum absolute atomic E-state index is 8.36. The van der Waals surface area contributed by atoms with E-state index >= 15 is 0 Å². The van der Waals surface area contributed by atoms with Gasteiger partial charge in [0.05, 0.1) is 5.75 Å². The average molecular weight is 298 g/mol. The Kier molecular flexibility index (Phi) is 6.53. The van der Waals surface area contributed by atoms with Crippen molar-refractivity contribution in [2.24, 2.45) is 0 Å². The van der Waals surface area contributed by atoms with Crippen LogP contribution in [0.15, 0.2) is 10.5 Å². The molecule has 19 heavy (non-hydrogen) atoms. The van der Waals surface area contributed by atoms with E-state index in [9.17, 15) is 0 Å². The topological polar surface area (TPSA) is 64.2 Å². The second kappa shape index (κ2) is 7.92. The highest BCUT2D eigenvalue weighted by Crippen LogP contribution is 2.24. The molecule has 0 aromatic carbocycles. The number of nitrogens with one attached hydrogen (secondary N) is 2. The Morgan fingerprint density at radius 1 is 1.58 bits per heavy atom. The molecule has 2 N–H and O–H groups in total. The lowest BCUT2D eigenvalue weighted by molar-refractivity contribution is 0.528. The molecule has 0 aliphatic carbocycles. The molecular formula is C12H18N4OS2. The highest BCUT2D eigenvalue weighted by atomic mass is 32.2. The summed E-state index contributed by atoms with van der Waals surface area (Å²) in [5.41, 5.74) is 1.17. The molecule has 0 bridgehead atoms. The molecule has 0 aliphatic heterocycles. The van der Waals surface area contributed by atoms with Crippen molar-refractivity contribution in [3.05, 3.63) is 17.4 Å². The number of hydrogen-bond acceptors (Lipinski definition) is 5. The number of thiocarbonyl (C=S) groups is 1. The molecule has 1 heterocycles. The molecule has 7 heteroatoms. The van der Waals surface area contributed by atoms with Gasteiger partial charge in [-0.25, -0.2) is 0 Å². The molecule has 0 radical (unpaired) electrons. The second-order valence-corrected chi connectivity index (χ2v) is 5.64. The Bertz CT molecular complexity index is 465. The fourth-order valence-corrected chi connectivity index (χ4v) is 2.37. The van der Waals surface area contributed by atoms with Crippen LogP contribution in [-0.2, 0) is 5.75 Å². The number of hydrogen-bond donors (Lipinski definition) is 2. The lowest BCUT2D eigenvalue weighted by atomic mass is 10.3. The second-order valence-electron chi connectivity index (χ2n) is 4.13. The predicted octanol–water partition coefficient (Wildman–Crippen LogP) is 1.83. The Hall–Kier alpha value is -1.39. The van der Waals surface area contributed by atoms with Crippen molar-refractivity contribution in [3.63, 3.8) is 0 Å². The molecule has 0 atom stereocenters. The lowest BCUT2D eigenvalue weighted by Gasteiger charge is -2.07. The number of thioether (sulfide) groups is 1. The van der Waals surface area contributed by atoms with Gasteiger partial charge >= 0.3 is 0 Å². The first kappa shape index (κ1) is 15.7. The average Bonchev–Trinajstić information content (AvgIpc) is 2.71. The van der Waals surface area contributed by atoms with Gasteiger partial charge in [-0.15, -0.1) is 0 Å². The zero-order valence-electron chi connectivity index (χ0n) is 11.3. The maximum Gasteiger partial charge on any atom is 0.195 e. The number of rotatable bonds is 6. The molecular weight excluding hydrogens is 280 g/mol. The molecule has 5 nitrogen and oxygen atoms in total. The monoisotopic (exact) mass is 298 g/mol. The van der Waals surface area contributed by atoms with Gasteiger partial charge in [0, 0.05) is 32.5 Å². The van der Waals surface area contributed by atoms with Gasteiger partial charge in [0.2, 0.25) is 0 Å². The van der Waals surface area contributed by atoms with Crippen LogP contribution in [0.1, 0.15) is 11.3 Å². The van der Waals surface area contributed by atoms with Crippen molar-refractivity contribution in [1.29, 1.82) is 5.26 Å². The number of nitriles is 1. The summed E-state index contributed by atoms with van der Waals surface area (Å²) >= 11 is 6.63. The smallest absolute Gasteiger partial charge is 0.195 e. The third kappa shape index (κ3) is 5.41. The van der Waals surface area contributed by atoms with Crippen molar-refractivity contribution >= 4 is 35.0 Å². The fourth-order valence-electron chi connectivity index (χ4n) is 1.36. The maximum atomic E-state index is 8.36. The number of furan rings is 1. The first-order chi connectivity index (χ1) is 9.04. The van der Waals surface area contributed by atoms with E-state index in [2.05, 4.69) is 17.6 Å². The van der Waals surface area contributed by atoms with Crippen LogP contribution in [0.2, 0.25) is 0 Å². The first-order valence-electron chi connectivity index (χ1n) is 5.82. The Balaban J connectivity index is 2.26. The summed E-state index contributed by atoms with van der Waals surface area (Å²) in [6, 6.07) is 2.04. The summed E-state index contributed by atoms with van der Waals surface area (Å²) in [4.78, 5) is 1.95. The van der Waals surface area contributed by atoms with Crippen LogP contribution >= 0.6 is 24.0 Å². The lowest BCUT2D eigenvalue weighted by Crippen LogP contribution is -2.33. The summed E-state index contributed by atoms with van der Waals surface area (Å²) in [5.74, 6) is 3.61. The number of anilines is 1. The zero-order chi connectivity index (χ0) is 14.3. The Morgan fingerprint density at radius 2 is 2.32 bits per heavy atom. The van der Waals surface area contributed by atoms with Gasteiger partial charge in [-0.1, -0.05) is 0 Å². The molecule has 0 spiro atoms. The quantitative estimate of drug-likeness (QED) is 0.359. The van der Waals surface area contributed by atoms with Crippen LogP contribution < -0.4 is 15.5 Å². The molecule has 0 saturated carbocycles. The van der Waals surface area contributed by atoms with Gasteiger partial charge in [-0.3, -0.25) is 5.32 Å². The molecule has 1 rings (SSSR count). The molecule has 0 saturated heterocycles. The molecule has 104 valence electrons. The van der Waals surface area contributed by atoms with Gasteiger partial charge in [-0.2, -0.15) is 17.0 Å². The van der Waals surface area contributed by atoms with Gasteiger partial charge in [-0.05, 0) is 24.7 Å². The summed E-state index contributed by atoms with van der Waals surface area (Å²) in [5, 5.41) is 14.0. The van der Waals surface area contributed by atoms with Crippen molar-refractivity contribution in [1.82, 2.24) is 10.6 Å². The third-order valence-corrected chi connectivity index (χ3v) is 3.59. The molecule has 0 unspecified atom stereocenters. The van der Waals surface area contributed by atoms with Crippen LogP contribution in [0, 0.1) is 18.4 Å². The minimum atomic E-state index is 0.368. The van der Waals surface area contributed by atoms with Crippen molar-refractivity contribution in [2.45, 2.75) is 12.7 Å². The minimum Gasteiger partial charge on any atom is -0.444 e. The molecule has 1 aromatic rings.